The van der Waals surface area contributed by atoms with E-state index in [4.69, 9.17) is 18.9 Å². The van der Waals surface area contributed by atoms with Crippen LogP contribution in [0.5, 0.6) is 11.5 Å². The second-order valence-corrected chi connectivity index (χ2v) is 7.21. The monoisotopic (exact) mass is 385 g/mol. The number of hydrogen-bond donors (Lipinski definition) is 1. The first-order valence-corrected chi connectivity index (χ1v) is 9.01. The van der Waals surface area contributed by atoms with E-state index in [1.54, 1.807) is 0 Å². The number of nitrogens with zero attached hydrogens (tertiary/aromatic N) is 1. The van der Waals surface area contributed by atoms with Gasteiger partial charge in [0.2, 0.25) is 0 Å². The van der Waals surface area contributed by atoms with Crippen molar-refractivity contribution in [1.82, 2.24) is 0 Å². The van der Waals surface area contributed by atoms with Crippen molar-refractivity contribution >= 4 is 5.69 Å². The number of ether oxygens (including phenoxy) is 4. The lowest BCUT2D eigenvalue weighted by Gasteiger charge is -2.27. The summed E-state index contributed by atoms with van der Waals surface area (Å²) < 4.78 is 22.0. The molecule has 27 heavy (non-hydrogen) atoms. The van der Waals surface area contributed by atoms with E-state index in [2.05, 4.69) is 27.7 Å². The summed E-state index contributed by atoms with van der Waals surface area (Å²) in [7, 11) is 1.43. The van der Waals surface area contributed by atoms with Gasteiger partial charge in [0.25, 0.3) is 5.69 Å². The van der Waals surface area contributed by atoms with Gasteiger partial charge in [0.05, 0.1) is 55.7 Å². The average molecular weight is 385 g/mol. The first-order valence-electron chi connectivity index (χ1n) is 9.01. The van der Waals surface area contributed by atoms with Crippen molar-refractivity contribution in [3.8, 4) is 11.5 Å². The number of aliphatic hydroxyl groups is 1. The topological polar surface area (TPSA) is 100 Å². The maximum Gasteiger partial charge on any atom is 0.278 e. The second-order valence-electron chi connectivity index (χ2n) is 7.21. The van der Waals surface area contributed by atoms with E-state index in [1.807, 2.05) is 0 Å². The Morgan fingerprint density at radius 1 is 1.15 bits per heavy atom. The lowest BCUT2D eigenvalue weighted by Crippen LogP contribution is -2.28. The molecule has 0 aliphatic rings. The third kappa shape index (κ3) is 8.11. The normalized spacial score (nSPS) is 11.7. The molecular formula is C19H31NO7. The van der Waals surface area contributed by atoms with Crippen LogP contribution in [0, 0.1) is 16.0 Å². The molecule has 1 aromatic carbocycles. The number of hydrogen-bond acceptors (Lipinski definition) is 7. The highest BCUT2D eigenvalue weighted by molar-refractivity contribution is 5.54. The Morgan fingerprint density at radius 3 is 2.37 bits per heavy atom. The van der Waals surface area contributed by atoms with Gasteiger partial charge in [-0.25, -0.2) is 0 Å². The number of rotatable bonds is 13. The van der Waals surface area contributed by atoms with Crippen molar-refractivity contribution in [2.24, 2.45) is 5.92 Å². The molecule has 0 aliphatic heterocycles. The van der Waals surface area contributed by atoms with E-state index >= 15 is 0 Å². The molecule has 0 saturated carbocycles. The van der Waals surface area contributed by atoms with E-state index in [9.17, 15) is 15.2 Å². The van der Waals surface area contributed by atoms with Crippen LogP contribution in [0.25, 0.3) is 0 Å². The molecule has 1 aromatic rings. The Labute approximate surface area is 160 Å². The van der Waals surface area contributed by atoms with Crippen LogP contribution in [0.2, 0.25) is 0 Å². The minimum Gasteiger partial charge on any atom is -0.493 e. The quantitative estimate of drug-likeness (QED) is 0.316. The standard InChI is InChI=1S/C19H31NO7/c1-14(2)12-19(3,4)27-9-7-25-6-8-26-18-11-16(20(22)23)15(13-21)10-17(18)24-5/h10-11,14,21H,6-9,12-13H2,1-5H3. The van der Waals surface area contributed by atoms with Crippen LogP contribution in [0.1, 0.15) is 39.7 Å². The number of aliphatic hydroxyl groups excluding tert-OH is 1. The highest BCUT2D eigenvalue weighted by atomic mass is 16.6. The molecule has 0 atom stereocenters. The van der Waals surface area contributed by atoms with Crippen molar-refractivity contribution in [3.05, 3.63) is 27.8 Å². The predicted octanol–water partition coefficient (Wildman–Crippen LogP) is 3.33. The van der Waals surface area contributed by atoms with E-state index in [-0.39, 0.29) is 29.2 Å². The number of nitro benzene ring substituents is 1. The van der Waals surface area contributed by atoms with Crippen LogP contribution in [0.3, 0.4) is 0 Å². The summed E-state index contributed by atoms with van der Waals surface area (Å²) in [6.07, 6.45) is 0.971. The summed E-state index contributed by atoms with van der Waals surface area (Å²) in [5.41, 5.74) is -0.231. The fourth-order valence-corrected chi connectivity index (χ4v) is 2.89. The number of methoxy groups -OCH3 is 1. The lowest BCUT2D eigenvalue weighted by atomic mass is 9.96. The Kier molecular flexibility index (Phi) is 9.48. The van der Waals surface area contributed by atoms with Gasteiger partial charge in [-0.3, -0.25) is 10.1 Å². The molecule has 8 heteroatoms. The summed E-state index contributed by atoms with van der Waals surface area (Å²) in [6.45, 7) is 9.43. The summed E-state index contributed by atoms with van der Waals surface area (Å²) in [4.78, 5) is 10.5. The molecular weight excluding hydrogens is 354 g/mol. The van der Waals surface area contributed by atoms with Gasteiger partial charge in [-0.2, -0.15) is 0 Å². The van der Waals surface area contributed by atoms with Gasteiger partial charge in [-0.05, 0) is 32.3 Å². The van der Waals surface area contributed by atoms with Gasteiger partial charge in [-0.1, -0.05) is 13.8 Å². The number of nitro groups is 1. The molecule has 154 valence electrons. The van der Waals surface area contributed by atoms with Crippen molar-refractivity contribution in [2.75, 3.05) is 33.5 Å². The lowest BCUT2D eigenvalue weighted by molar-refractivity contribution is -0.385. The smallest absolute Gasteiger partial charge is 0.278 e. The molecule has 0 spiro atoms. The zero-order valence-corrected chi connectivity index (χ0v) is 16.8. The fourth-order valence-electron chi connectivity index (χ4n) is 2.89. The van der Waals surface area contributed by atoms with Gasteiger partial charge in [0, 0.05) is 0 Å². The largest absolute Gasteiger partial charge is 0.493 e. The highest BCUT2D eigenvalue weighted by Gasteiger charge is 2.20. The molecule has 0 unspecified atom stereocenters. The average Bonchev–Trinajstić information content (AvgIpc) is 2.58. The molecule has 0 radical (unpaired) electrons. The molecule has 0 amide bonds. The maximum atomic E-state index is 11.1. The molecule has 1 rings (SSSR count). The van der Waals surface area contributed by atoms with Crippen molar-refractivity contribution in [3.63, 3.8) is 0 Å². The molecule has 0 fully saturated rings. The second kappa shape index (κ2) is 11.1. The van der Waals surface area contributed by atoms with Crippen LogP contribution < -0.4 is 9.47 Å². The third-order valence-corrected chi connectivity index (χ3v) is 3.84. The van der Waals surface area contributed by atoms with Crippen LogP contribution >= 0.6 is 0 Å². The number of benzene rings is 1. The molecule has 0 saturated heterocycles. The van der Waals surface area contributed by atoms with Crippen LogP contribution in [0.15, 0.2) is 12.1 Å². The third-order valence-electron chi connectivity index (χ3n) is 3.84. The molecule has 1 N–H and O–H groups in total. The van der Waals surface area contributed by atoms with Crippen molar-refractivity contribution in [1.29, 1.82) is 0 Å². The first-order chi connectivity index (χ1) is 12.7. The highest BCUT2D eigenvalue weighted by Crippen LogP contribution is 2.34. The Balaban J connectivity index is 2.44. The summed E-state index contributed by atoms with van der Waals surface area (Å²) in [5.74, 6) is 1.12. The SMILES string of the molecule is COc1cc(CO)c([N+](=O)[O-])cc1OCCOCCOC(C)(C)CC(C)C. The van der Waals surface area contributed by atoms with Crippen LogP contribution in [-0.2, 0) is 16.1 Å². The maximum absolute atomic E-state index is 11.1. The molecule has 8 nitrogen and oxygen atoms in total. The minimum absolute atomic E-state index is 0.168. The fraction of sp³-hybridized carbons (Fsp3) is 0.684. The van der Waals surface area contributed by atoms with Crippen LogP contribution in [-0.4, -0.2) is 49.2 Å². The Hall–Kier alpha value is -1.90. The molecule has 0 aliphatic carbocycles. The van der Waals surface area contributed by atoms with E-state index in [0.29, 0.717) is 31.5 Å². The van der Waals surface area contributed by atoms with Gasteiger partial charge < -0.3 is 24.1 Å². The van der Waals surface area contributed by atoms with Gasteiger partial charge in [-0.15, -0.1) is 0 Å². The summed E-state index contributed by atoms with van der Waals surface area (Å²) in [6, 6.07) is 2.65. The molecule has 0 heterocycles. The zero-order valence-electron chi connectivity index (χ0n) is 16.8. The Morgan fingerprint density at radius 2 is 1.81 bits per heavy atom. The Bertz CT molecular complexity index is 602. The summed E-state index contributed by atoms with van der Waals surface area (Å²) in [5, 5.41) is 20.3. The molecule has 0 bridgehead atoms. The molecule has 0 aromatic heterocycles. The van der Waals surface area contributed by atoms with Crippen LogP contribution in [0.4, 0.5) is 5.69 Å². The van der Waals surface area contributed by atoms with E-state index in [1.165, 1.54) is 19.2 Å². The van der Waals surface area contributed by atoms with E-state index in [0.717, 1.165) is 6.42 Å². The first kappa shape index (κ1) is 23.1. The summed E-state index contributed by atoms with van der Waals surface area (Å²) >= 11 is 0. The van der Waals surface area contributed by atoms with Crippen molar-refractivity contribution < 1.29 is 29.0 Å². The van der Waals surface area contributed by atoms with Gasteiger partial charge >= 0.3 is 0 Å². The minimum atomic E-state index is -0.565. The van der Waals surface area contributed by atoms with Gasteiger partial charge in [0.1, 0.15) is 6.61 Å². The zero-order chi connectivity index (χ0) is 20.4. The predicted molar refractivity (Wildman–Crippen MR) is 101 cm³/mol. The van der Waals surface area contributed by atoms with Crippen molar-refractivity contribution in [2.45, 2.75) is 46.3 Å². The van der Waals surface area contributed by atoms with E-state index < -0.39 is 11.5 Å². The van der Waals surface area contributed by atoms with Gasteiger partial charge in [0.15, 0.2) is 11.5 Å².